The van der Waals surface area contributed by atoms with Crippen LogP contribution in [-0.4, -0.2) is 11.7 Å². The first-order valence-electron chi connectivity index (χ1n) is 4.69. The van der Waals surface area contributed by atoms with Gasteiger partial charge in [0.1, 0.15) is 0 Å². The Morgan fingerprint density at radius 1 is 1.60 bits per heavy atom. The first kappa shape index (κ1) is 11.5. The predicted octanol–water partition coefficient (Wildman–Crippen LogP) is 2.28. The first-order valence-corrected chi connectivity index (χ1v) is 4.69. The van der Waals surface area contributed by atoms with Crippen LogP contribution in [0.4, 0.5) is 4.39 Å². The van der Waals surface area contributed by atoms with Crippen molar-refractivity contribution in [2.45, 2.75) is 19.4 Å². The maximum Gasteiger partial charge on any atom is 0.165 e. The normalized spacial score (nSPS) is 11.9. The lowest BCUT2D eigenvalue weighted by Crippen LogP contribution is -1.99. The molecule has 0 aliphatic heterocycles. The second kappa shape index (κ2) is 5.38. The van der Waals surface area contributed by atoms with Crippen LogP contribution < -0.4 is 4.74 Å². The number of ether oxygens (including phenoxy) is 1. The largest absolute Gasteiger partial charge is 0.490 e. The van der Waals surface area contributed by atoms with Gasteiger partial charge in [-0.15, -0.1) is 12.3 Å². The van der Waals surface area contributed by atoms with Crippen molar-refractivity contribution >= 4 is 0 Å². The summed E-state index contributed by atoms with van der Waals surface area (Å²) in [6.45, 7) is 1.87. The molecule has 0 unspecified atom stereocenters. The van der Waals surface area contributed by atoms with Crippen molar-refractivity contribution in [1.82, 2.24) is 0 Å². The molecule has 0 amide bonds. The molecule has 0 saturated carbocycles. The summed E-state index contributed by atoms with van der Waals surface area (Å²) < 4.78 is 18.5. The average molecular weight is 208 g/mol. The van der Waals surface area contributed by atoms with E-state index in [2.05, 4.69) is 5.92 Å². The van der Waals surface area contributed by atoms with Crippen molar-refractivity contribution in [3.05, 3.63) is 29.6 Å². The van der Waals surface area contributed by atoms with Crippen LogP contribution in [0.5, 0.6) is 5.75 Å². The topological polar surface area (TPSA) is 29.5 Å². The second-order valence-corrected chi connectivity index (χ2v) is 3.17. The van der Waals surface area contributed by atoms with Crippen LogP contribution in [0.1, 0.15) is 25.0 Å². The number of rotatable bonds is 4. The van der Waals surface area contributed by atoms with E-state index in [9.17, 15) is 9.50 Å². The second-order valence-electron chi connectivity index (χ2n) is 3.17. The van der Waals surface area contributed by atoms with Crippen LogP contribution in [0.15, 0.2) is 18.2 Å². The number of halogens is 1. The molecular formula is C12H13FO2. The third-order valence-electron chi connectivity index (χ3n) is 1.94. The van der Waals surface area contributed by atoms with Gasteiger partial charge >= 0.3 is 0 Å². The summed E-state index contributed by atoms with van der Waals surface area (Å²) in [7, 11) is 0. The molecule has 0 spiro atoms. The lowest BCUT2D eigenvalue weighted by molar-refractivity contribution is 0.198. The van der Waals surface area contributed by atoms with Gasteiger partial charge < -0.3 is 9.84 Å². The van der Waals surface area contributed by atoms with Gasteiger partial charge in [0.15, 0.2) is 11.6 Å². The standard InChI is InChI=1S/C12H13FO2/c1-3-4-7-15-12-6-5-10(9(2)14)8-11(12)13/h1,5-6,8-9,14H,4,7H2,2H3/t9-/m1/s1. The smallest absolute Gasteiger partial charge is 0.165 e. The molecule has 3 heteroatoms. The highest BCUT2D eigenvalue weighted by Crippen LogP contribution is 2.21. The molecule has 0 aromatic heterocycles. The van der Waals surface area contributed by atoms with Crippen LogP contribution >= 0.6 is 0 Å². The van der Waals surface area contributed by atoms with Crippen LogP contribution in [-0.2, 0) is 0 Å². The van der Waals surface area contributed by atoms with Gasteiger partial charge in [-0.1, -0.05) is 6.07 Å². The highest BCUT2D eigenvalue weighted by molar-refractivity contribution is 5.30. The number of aliphatic hydroxyl groups excluding tert-OH is 1. The third-order valence-corrected chi connectivity index (χ3v) is 1.94. The van der Waals surface area contributed by atoms with Gasteiger partial charge in [-0.2, -0.15) is 0 Å². The third kappa shape index (κ3) is 3.26. The summed E-state index contributed by atoms with van der Waals surface area (Å²) in [5.74, 6) is 2.08. The predicted molar refractivity (Wildman–Crippen MR) is 56.0 cm³/mol. The molecule has 1 aromatic rings. The quantitative estimate of drug-likeness (QED) is 0.607. The van der Waals surface area contributed by atoms with Crippen LogP contribution in [0, 0.1) is 18.2 Å². The minimum atomic E-state index is -0.681. The van der Waals surface area contributed by atoms with Crippen molar-refractivity contribution in [1.29, 1.82) is 0 Å². The highest BCUT2D eigenvalue weighted by atomic mass is 19.1. The van der Waals surface area contributed by atoms with E-state index in [4.69, 9.17) is 11.2 Å². The number of benzene rings is 1. The molecule has 1 rings (SSSR count). The van der Waals surface area contributed by atoms with Crippen LogP contribution in [0.3, 0.4) is 0 Å². The zero-order chi connectivity index (χ0) is 11.3. The summed E-state index contributed by atoms with van der Waals surface area (Å²) in [6, 6.07) is 4.38. The molecule has 1 aromatic carbocycles. The Hall–Kier alpha value is -1.53. The fourth-order valence-electron chi connectivity index (χ4n) is 1.11. The maximum absolute atomic E-state index is 13.3. The number of hydrogen-bond acceptors (Lipinski definition) is 2. The Morgan fingerprint density at radius 3 is 2.87 bits per heavy atom. The lowest BCUT2D eigenvalue weighted by Gasteiger charge is -2.08. The fourth-order valence-corrected chi connectivity index (χ4v) is 1.11. The lowest BCUT2D eigenvalue weighted by atomic mass is 10.1. The first-order chi connectivity index (χ1) is 7.15. The zero-order valence-corrected chi connectivity index (χ0v) is 8.53. The Kier molecular flexibility index (Phi) is 4.14. The van der Waals surface area contributed by atoms with E-state index in [-0.39, 0.29) is 5.75 Å². The molecule has 80 valence electrons. The minimum Gasteiger partial charge on any atom is -0.490 e. The van der Waals surface area contributed by atoms with Crippen LogP contribution in [0.25, 0.3) is 0 Å². The monoisotopic (exact) mass is 208 g/mol. The van der Waals surface area contributed by atoms with Crippen molar-refractivity contribution in [3.63, 3.8) is 0 Å². The fraction of sp³-hybridized carbons (Fsp3) is 0.333. The summed E-state index contributed by atoms with van der Waals surface area (Å²) in [5, 5.41) is 9.22. The molecule has 0 bridgehead atoms. The number of terminal acetylenes is 1. The molecule has 0 fully saturated rings. The molecule has 0 aliphatic carbocycles. The summed E-state index contributed by atoms with van der Waals surface area (Å²) in [6.07, 6.45) is 4.80. The van der Waals surface area contributed by atoms with Gasteiger partial charge in [0, 0.05) is 6.42 Å². The highest BCUT2D eigenvalue weighted by Gasteiger charge is 2.07. The van der Waals surface area contributed by atoms with Gasteiger partial charge in [-0.05, 0) is 24.6 Å². The van der Waals surface area contributed by atoms with E-state index >= 15 is 0 Å². The van der Waals surface area contributed by atoms with Gasteiger partial charge in [0.05, 0.1) is 12.7 Å². The summed E-state index contributed by atoms with van der Waals surface area (Å²) in [4.78, 5) is 0. The Morgan fingerprint density at radius 2 is 2.33 bits per heavy atom. The maximum atomic E-state index is 13.3. The molecule has 0 radical (unpaired) electrons. The van der Waals surface area contributed by atoms with E-state index in [0.717, 1.165) is 0 Å². The number of hydrogen-bond donors (Lipinski definition) is 1. The Bertz CT molecular complexity index is 366. The van der Waals surface area contributed by atoms with Gasteiger partial charge in [-0.3, -0.25) is 0 Å². The van der Waals surface area contributed by atoms with E-state index in [1.54, 1.807) is 13.0 Å². The van der Waals surface area contributed by atoms with Crippen molar-refractivity contribution in [2.24, 2.45) is 0 Å². The van der Waals surface area contributed by atoms with Crippen molar-refractivity contribution in [2.75, 3.05) is 6.61 Å². The molecule has 1 atom stereocenters. The molecular weight excluding hydrogens is 195 g/mol. The van der Waals surface area contributed by atoms with Gasteiger partial charge in [0.2, 0.25) is 0 Å². The zero-order valence-electron chi connectivity index (χ0n) is 8.53. The summed E-state index contributed by atoms with van der Waals surface area (Å²) in [5.41, 5.74) is 0.525. The van der Waals surface area contributed by atoms with E-state index < -0.39 is 11.9 Å². The van der Waals surface area contributed by atoms with E-state index in [1.165, 1.54) is 12.1 Å². The molecule has 0 saturated heterocycles. The Balaban J connectivity index is 2.71. The molecule has 0 heterocycles. The molecule has 0 aliphatic rings. The van der Waals surface area contributed by atoms with Gasteiger partial charge in [0.25, 0.3) is 0 Å². The molecule has 1 N–H and O–H groups in total. The summed E-state index contributed by atoms with van der Waals surface area (Å²) >= 11 is 0. The van der Waals surface area contributed by atoms with E-state index in [0.29, 0.717) is 18.6 Å². The molecule has 2 nitrogen and oxygen atoms in total. The van der Waals surface area contributed by atoms with Crippen LogP contribution in [0.2, 0.25) is 0 Å². The van der Waals surface area contributed by atoms with E-state index in [1.807, 2.05) is 0 Å². The average Bonchev–Trinajstić information content (AvgIpc) is 2.20. The Labute approximate surface area is 88.7 Å². The minimum absolute atomic E-state index is 0.162. The SMILES string of the molecule is C#CCCOc1ccc([C@@H](C)O)cc1F. The van der Waals surface area contributed by atoms with Gasteiger partial charge in [-0.25, -0.2) is 4.39 Å². The van der Waals surface area contributed by atoms with Crippen molar-refractivity contribution < 1.29 is 14.2 Å². The van der Waals surface area contributed by atoms with Crippen molar-refractivity contribution in [3.8, 4) is 18.1 Å². The number of aliphatic hydroxyl groups is 1. The molecule has 15 heavy (non-hydrogen) atoms.